The summed E-state index contributed by atoms with van der Waals surface area (Å²) in [6, 6.07) is 9.97. The van der Waals surface area contributed by atoms with E-state index in [1.807, 2.05) is 18.2 Å². The first-order chi connectivity index (χ1) is 11.8. The Labute approximate surface area is 140 Å². The van der Waals surface area contributed by atoms with E-state index in [0.717, 1.165) is 29.9 Å². The third-order valence-electron chi connectivity index (χ3n) is 5.22. The number of phenols is 1. The number of nitrogens with one attached hydrogen (secondary N) is 2. The fraction of sp³-hybridized carbons (Fsp3) is 0.368. The molecular weight excluding hydrogens is 300 g/mol. The molecule has 2 aromatic heterocycles. The van der Waals surface area contributed by atoms with E-state index in [4.69, 9.17) is 0 Å². The molecule has 1 aromatic carbocycles. The zero-order valence-electron chi connectivity index (χ0n) is 13.4. The summed E-state index contributed by atoms with van der Waals surface area (Å²) in [5.41, 5.74) is 5.07. The lowest BCUT2D eigenvalue weighted by Gasteiger charge is -2.27. The van der Waals surface area contributed by atoms with E-state index in [1.165, 1.54) is 35.9 Å². The number of aromatic hydroxyl groups is 1. The van der Waals surface area contributed by atoms with E-state index < -0.39 is 0 Å². The maximum absolute atomic E-state index is 10.1. The predicted octanol–water partition coefficient (Wildman–Crippen LogP) is 3.11. The van der Waals surface area contributed by atoms with Crippen LogP contribution in [0.1, 0.15) is 36.4 Å². The Balaban J connectivity index is 1.63. The van der Waals surface area contributed by atoms with Crippen molar-refractivity contribution in [3.05, 3.63) is 41.6 Å². The fourth-order valence-corrected chi connectivity index (χ4v) is 3.65. The average Bonchev–Trinajstić information content (AvgIpc) is 3.32. The highest BCUT2D eigenvalue weighted by Gasteiger charge is 2.31. The van der Waals surface area contributed by atoms with Crippen LogP contribution in [0.3, 0.4) is 0 Å². The lowest BCUT2D eigenvalue weighted by atomic mass is 9.97. The molecule has 3 N–H and O–H groups in total. The molecule has 2 aliphatic rings. The van der Waals surface area contributed by atoms with Crippen LogP contribution in [-0.4, -0.2) is 32.9 Å². The molecule has 5 nitrogen and oxygen atoms in total. The molecular formula is C19H20N4O. The number of H-pyrrole nitrogens is 1. The Hall–Kier alpha value is -2.40. The zero-order valence-corrected chi connectivity index (χ0v) is 13.4. The van der Waals surface area contributed by atoms with Crippen LogP contribution in [-0.2, 0) is 6.42 Å². The predicted molar refractivity (Wildman–Crippen MR) is 93.1 cm³/mol. The highest BCUT2D eigenvalue weighted by molar-refractivity contribution is 5.86. The summed E-state index contributed by atoms with van der Waals surface area (Å²) >= 11 is 0. The Morgan fingerprint density at radius 3 is 2.67 bits per heavy atom. The number of hydrogen-bond donors (Lipinski definition) is 3. The number of rotatable bonds is 4. The summed E-state index contributed by atoms with van der Waals surface area (Å²) in [5, 5.41) is 23.5. The van der Waals surface area contributed by atoms with E-state index in [-0.39, 0.29) is 5.75 Å². The number of hydrogen-bond acceptors (Lipinski definition) is 4. The van der Waals surface area contributed by atoms with Gasteiger partial charge in [-0.25, -0.2) is 0 Å². The number of nitrogens with zero attached hydrogens (tertiary/aromatic N) is 2. The van der Waals surface area contributed by atoms with Gasteiger partial charge in [0.1, 0.15) is 5.75 Å². The molecule has 0 radical (unpaired) electrons. The lowest BCUT2D eigenvalue weighted by Crippen LogP contribution is -2.44. The molecule has 1 atom stereocenters. The molecule has 122 valence electrons. The minimum Gasteiger partial charge on any atom is -0.507 e. The van der Waals surface area contributed by atoms with Crippen LogP contribution in [0.25, 0.3) is 22.3 Å². The minimum absolute atomic E-state index is 0.244. The Bertz CT molecular complexity index is 909. The highest BCUT2D eigenvalue weighted by atomic mass is 16.3. The summed E-state index contributed by atoms with van der Waals surface area (Å²) in [7, 11) is 0. The molecule has 24 heavy (non-hydrogen) atoms. The normalized spacial score (nSPS) is 20.2. The molecule has 0 spiro atoms. The van der Waals surface area contributed by atoms with Crippen molar-refractivity contribution >= 4 is 11.0 Å². The molecule has 2 fully saturated rings. The van der Waals surface area contributed by atoms with Gasteiger partial charge in [-0.3, -0.25) is 0 Å². The van der Waals surface area contributed by atoms with E-state index in [9.17, 15) is 5.11 Å². The van der Waals surface area contributed by atoms with Gasteiger partial charge in [-0.15, -0.1) is 10.2 Å². The van der Waals surface area contributed by atoms with E-state index in [0.29, 0.717) is 12.0 Å². The second-order valence-corrected chi connectivity index (χ2v) is 6.94. The van der Waals surface area contributed by atoms with Gasteiger partial charge in [0.15, 0.2) is 5.65 Å². The van der Waals surface area contributed by atoms with Gasteiger partial charge in [0.05, 0.1) is 5.69 Å². The third-order valence-corrected chi connectivity index (χ3v) is 5.22. The largest absolute Gasteiger partial charge is 0.507 e. The first kappa shape index (κ1) is 14.0. The molecule has 1 aliphatic heterocycles. The van der Waals surface area contributed by atoms with Crippen LogP contribution in [0.2, 0.25) is 0 Å². The van der Waals surface area contributed by atoms with Gasteiger partial charge in [0.2, 0.25) is 0 Å². The molecule has 3 heterocycles. The van der Waals surface area contributed by atoms with Crippen molar-refractivity contribution < 1.29 is 5.11 Å². The van der Waals surface area contributed by atoms with Crippen LogP contribution < -0.4 is 5.32 Å². The van der Waals surface area contributed by atoms with Gasteiger partial charge >= 0.3 is 0 Å². The van der Waals surface area contributed by atoms with E-state index in [1.54, 1.807) is 6.07 Å². The molecule has 1 saturated heterocycles. The number of aromatic nitrogens is 3. The Morgan fingerprint density at radius 1 is 1.12 bits per heavy atom. The number of benzene rings is 1. The van der Waals surface area contributed by atoms with Crippen LogP contribution in [0.4, 0.5) is 0 Å². The first-order valence-electron chi connectivity index (χ1n) is 8.69. The van der Waals surface area contributed by atoms with Crippen molar-refractivity contribution in [1.82, 2.24) is 20.5 Å². The Morgan fingerprint density at radius 2 is 1.96 bits per heavy atom. The van der Waals surface area contributed by atoms with Gasteiger partial charge in [-0.05, 0) is 55.5 Å². The smallest absolute Gasteiger partial charge is 0.160 e. The molecule has 0 amide bonds. The fourth-order valence-electron chi connectivity index (χ4n) is 3.65. The molecule has 5 rings (SSSR count). The number of phenolic OH excluding ortho intramolecular Hbond substituents is 1. The van der Waals surface area contributed by atoms with Crippen molar-refractivity contribution in [2.45, 2.75) is 37.6 Å². The van der Waals surface area contributed by atoms with E-state index in [2.05, 4.69) is 26.6 Å². The zero-order chi connectivity index (χ0) is 16.1. The number of fused-ring (bicyclic) bond motifs is 1. The molecule has 1 unspecified atom stereocenters. The van der Waals surface area contributed by atoms with Crippen molar-refractivity contribution in [2.24, 2.45) is 0 Å². The van der Waals surface area contributed by atoms with Crippen molar-refractivity contribution in [1.29, 1.82) is 0 Å². The highest BCUT2D eigenvalue weighted by Crippen LogP contribution is 2.45. The third kappa shape index (κ3) is 2.27. The number of para-hydroxylation sites is 1. The molecule has 0 bridgehead atoms. The summed E-state index contributed by atoms with van der Waals surface area (Å²) in [4.78, 5) is 3.50. The Kier molecular flexibility index (Phi) is 3.10. The summed E-state index contributed by atoms with van der Waals surface area (Å²) in [6.07, 6.45) is 4.79. The minimum atomic E-state index is 0.244. The monoisotopic (exact) mass is 320 g/mol. The quantitative estimate of drug-likeness (QED) is 0.690. The van der Waals surface area contributed by atoms with Crippen LogP contribution in [0.5, 0.6) is 5.75 Å². The number of aromatic amines is 1. The van der Waals surface area contributed by atoms with Crippen LogP contribution in [0.15, 0.2) is 30.3 Å². The molecule has 1 saturated carbocycles. The van der Waals surface area contributed by atoms with Crippen molar-refractivity contribution in [3.63, 3.8) is 0 Å². The topological polar surface area (TPSA) is 73.8 Å². The maximum atomic E-state index is 10.1. The van der Waals surface area contributed by atoms with Gasteiger partial charge in [-0.1, -0.05) is 12.1 Å². The van der Waals surface area contributed by atoms with E-state index >= 15 is 0 Å². The summed E-state index contributed by atoms with van der Waals surface area (Å²) in [6.45, 7) is 1.13. The van der Waals surface area contributed by atoms with Crippen molar-refractivity contribution in [3.8, 4) is 17.0 Å². The van der Waals surface area contributed by atoms with Gasteiger partial charge in [0, 0.05) is 29.1 Å². The second-order valence-electron chi connectivity index (χ2n) is 6.94. The molecule has 5 heteroatoms. The molecule has 1 aliphatic carbocycles. The second kappa shape index (κ2) is 5.31. The average molecular weight is 320 g/mol. The van der Waals surface area contributed by atoms with Crippen LogP contribution >= 0.6 is 0 Å². The van der Waals surface area contributed by atoms with Gasteiger partial charge in [0.25, 0.3) is 0 Å². The standard InChI is InChI=1S/C19H20N4O/c24-17-4-2-1-3-13(17)15-10-14-18(11-5-6-11)16(9-12-7-8-20-12)21-19(14)23-22-15/h1-4,10-12,20,24H,5-9H2,(H,21,23). The summed E-state index contributed by atoms with van der Waals surface area (Å²) in [5.74, 6) is 0.892. The maximum Gasteiger partial charge on any atom is 0.160 e. The lowest BCUT2D eigenvalue weighted by molar-refractivity contribution is 0.366. The molecule has 3 aromatic rings. The van der Waals surface area contributed by atoms with Crippen molar-refractivity contribution in [2.75, 3.05) is 6.54 Å². The van der Waals surface area contributed by atoms with Gasteiger partial charge in [-0.2, -0.15) is 0 Å². The summed E-state index contributed by atoms with van der Waals surface area (Å²) < 4.78 is 0. The first-order valence-corrected chi connectivity index (χ1v) is 8.69. The van der Waals surface area contributed by atoms with Crippen LogP contribution in [0, 0.1) is 0 Å². The van der Waals surface area contributed by atoms with Gasteiger partial charge < -0.3 is 15.4 Å². The SMILES string of the molecule is Oc1ccccc1-c1cc2c(C3CC3)c(CC3CCN3)[nH]c2nn1.